The second kappa shape index (κ2) is 6.36. The molecule has 0 aliphatic heterocycles. The lowest BCUT2D eigenvalue weighted by Crippen LogP contribution is -2.18. The standard InChI is InChI=1S/C18H20N2/c1-13-4-7-17(8-5-13)15(3)20-12-18-9-6-16(11-19)10-14(18)2/h4-10,15,20H,12H2,1-3H3/t15-/m1/s1. The molecule has 0 aliphatic carbocycles. The van der Waals surface area contributed by atoms with Crippen molar-refractivity contribution >= 4 is 0 Å². The Balaban J connectivity index is 2.01. The Hall–Kier alpha value is -2.11. The van der Waals surface area contributed by atoms with Crippen molar-refractivity contribution in [2.75, 3.05) is 0 Å². The van der Waals surface area contributed by atoms with Crippen LogP contribution >= 0.6 is 0 Å². The maximum absolute atomic E-state index is 8.88. The van der Waals surface area contributed by atoms with E-state index >= 15 is 0 Å². The maximum atomic E-state index is 8.88. The summed E-state index contributed by atoms with van der Waals surface area (Å²) in [5.74, 6) is 0. The van der Waals surface area contributed by atoms with Gasteiger partial charge in [-0.1, -0.05) is 35.9 Å². The number of benzene rings is 2. The fourth-order valence-electron chi connectivity index (χ4n) is 2.20. The molecule has 0 fully saturated rings. The summed E-state index contributed by atoms with van der Waals surface area (Å²) in [6, 6.07) is 16.9. The Bertz CT molecular complexity index is 621. The molecule has 1 atom stereocenters. The summed E-state index contributed by atoms with van der Waals surface area (Å²) in [6.45, 7) is 7.13. The molecule has 2 nitrogen and oxygen atoms in total. The lowest BCUT2D eigenvalue weighted by molar-refractivity contribution is 0.573. The number of nitrogens with one attached hydrogen (secondary N) is 1. The molecule has 0 unspecified atom stereocenters. The molecule has 1 N–H and O–H groups in total. The Morgan fingerprint density at radius 1 is 1.10 bits per heavy atom. The van der Waals surface area contributed by atoms with Gasteiger partial charge in [0.1, 0.15) is 0 Å². The number of nitrogens with zero attached hydrogens (tertiary/aromatic N) is 1. The van der Waals surface area contributed by atoms with Gasteiger partial charge in [-0.3, -0.25) is 0 Å². The Kier molecular flexibility index (Phi) is 4.55. The third kappa shape index (κ3) is 3.46. The third-order valence-electron chi connectivity index (χ3n) is 3.65. The van der Waals surface area contributed by atoms with Crippen LogP contribution in [0.2, 0.25) is 0 Å². The van der Waals surface area contributed by atoms with E-state index in [1.165, 1.54) is 16.7 Å². The number of hydrogen-bond acceptors (Lipinski definition) is 2. The zero-order valence-electron chi connectivity index (χ0n) is 12.3. The van der Waals surface area contributed by atoms with Crippen molar-refractivity contribution in [2.45, 2.75) is 33.4 Å². The number of rotatable bonds is 4. The average molecular weight is 264 g/mol. The summed E-state index contributed by atoms with van der Waals surface area (Å²) in [4.78, 5) is 0. The molecule has 20 heavy (non-hydrogen) atoms. The van der Waals surface area contributed by atoms with E-state index in [-0.39, 0.29) is 0 Å². The van der Waals surface area contributed by atoms with Gasteiger partial charge in [0, 0.05) is 12.6 Å². The minimum atomic E-state index is 0.311. The second-order valence-corrected chi connectivity index (χ2v) is 5.27. The first-order chi connectivity index (χ1) is 9.60. The molecule has 0 spiro atoms. The summed E-state index contributed by atoms with van der Waals surface area (Å²) >= 11 is 0. The van der Waals surface area contributed by atoms with E-state index in [2.05, 4.69) is 49.5 Å². The molecule has 0 bridgehead atoms. The number of nitriles is 1. The first kappa shape index (κ1) is 14.3. The highest BCUT2D eigenvalue weighted by atomic mass is 14.9. The van der Waals surface area contributed by atoms with Gasteiger partial charge < -0.3 is 5.32 Å². The second-order valence-electron chi connectivity index (χ2n) is 5.27. The quantitative estimate of drug-likeness (QED) is 0.905. The molecule has 0 radical (unpaired) electrons. The van der Waals surface area contributed by atoms with Crippen LogP contribution in [-0.4, -0.2) is 0 Å². The molecule has 0 aromatic heterocycles. The molecule has 0 saturated heterocycles. The Morgan fingerprint density at radius 3 is 2.40 bits per heavy atom. The first-order valence-corrected chi connectivity index (χ1v) is 6.89. The highest BCUT2D eigenvalue weighted by molar-refractivity contribution is 5.37. The molecule has 2 aromatic rings. The van der Waals surface area contributed by atoms with Crippen molar-refractivity contribution < 1.29 is 0 Å². The number of hydrogen-bond donors (Lipinski definition) is 1. The van der Waals surface area contributed by atoms with Crippen molar-refractivity contribution in [3.05, 3.63) is 70.3 Å². The first-order valence-electron chi connectivity index (χ1n) is 6.89. The average Bonchev–Trinajstić information content (AvgIpc) is 2.46. The van der Waals surface area contributed by atoms with Gasteiger partial charge >= 0.3 is 0 Å². The largest absolute Gasteiger partial charge is 0.306 e. The molecule has 0 heterocycles. The van der Waals surface area contributed by atoms with Crippen LogP contribution < -0.4 is 5.32 Å². The fourth-order valence-corrected chi connectivity index (χ4v) is 2.20. The van der Waals surface area contributed by atoms with Crippen molar-refractivity contribution in [1.82, 2.24) is 5.32 Å². The van der Waals surface area contributed by atoms with Crippen LogP contribution in [0.5, 0.6) is 0 Å². The molecule has 0 saturated carbocycles. The van der Waals surface area contributed by atoms with Crippen LogP contribution in [0.15, 0.2) is 42.5 Å². The zero-order valence-corrected chi connectivity index (χ0v) is 12.3. The van der Waals surface area contributed by atoms with E-state index in [0.29, 0.717) is 6.04 Å². The minimum absolute atomic E-state index is 0.311. The normalized spacial score (nSPS) is 11.9. The summed E-state index contributed by atoms with van der Waals surface area (Å²) in [7, 11) is 0. The van der Waals surface area contributed by atoms with Crippen LogP contribution in [0.1, 0.15) is 40.8 Å². The van der Waals surface area contributed by atoms with Gasteiger partial charge in [-0.15, -0.1) is 0 Å². The van der Waals surface area contributed by atoms with Crippen LogP contribution in [0.4, 0.5) is 0 Å². The Labute approximate surface area is 121 Å². The predicted octanol–water partition coefficient (Wildman–Crippen LogP) is 4.03. The van der Waals surface area contributed by atoms with E-state index in [1.54, 1.807) is 0 Å². The minimum Gasteiger partial charge on any atom is -0.306 e. The highest BCUT2D eigenvalue weighted by Gasteiger charge is 2.06. The van der Waals surface area contributed by atoms with Crippen molar-refractivity contribution in [1.29, 1.82) is 5.26 Å². The maximum Gasteiger partial charge on any atom is 0.0991 e. The van der Waals surface area contributed by atoms with Gasteiger partial charge in [-0.25, -0.2) is 0 Å². The summed E-state index contributed by atoms with van der Waals surface area (Å²) in [6.07, 6.45) is 0. The van der Waals surface area contributed by atoms with Gasteiger partial charge in [0.05, 0.1) is 11.6 Å². The van der Waals surface area contributed by atoms with Gasteiger partial charge in [0.15, 0.2) is 0 Å². The fraction of sp³-hybridized carbons (Fsp3) is 0.278. The van der Waals surface area contributed by atoms with Crippen LogP contribution in [-0.2, 0) is 6.54 Å². The SMILES string of the molecule is Cc1ccc([C@@H](C)NCc2ccc(C#N)cc2C)cc1. The van der Waals surface area contributed by atoms with Crippen molar-refractivity contribution in [3.63, 3.8) is 0 Å². The van der Waals surface area contributed by atoms with Crippen LogP contribution in [0.25, 0.3) is 0 Å². The summed E-state index contributed by atoms with van der Waals surface area (Å²) in [5, 5.41) is 12.4. The van der Waals surface area contributed by atoms with E-state index in [9.17, 15) is 0 Å². The van der Waals surface area contributed by atoms with Crippen LogP contribution in [0.3, 0.4) is 0 Å². The monoisotopic (exact) mass is 264 g/mol. The summed E-state index contributed by atoms with van der Waals surface area (Å²) in [5.41, 5.74) is 5.69. The van der Waals surface area contributed by atoms with Gasteiger partial charge in [0.25, 0.3) is 0 Å². The van der Waals surface area contributed by atoms with Crippen molar-refractivity contribution in [3.8, 4) is 6.07 Å². The van der Waals surface area contributed by atoms with Gasteiger partial charge in [0.2, 0.25) is 0 Å². The summed E-state index contributed by atoms with van der Waals surface area (Å²) < 4.78 is 0. The molecular weight excluding hydrogens is 244 g/mol. The van der Waals surface area contributed by atoms with E-state index in [1.807, 2.05) is 25.1 Å². The molecule has 0 amide bonds. The molecular formula is C18H20N2. The number of aryl methyl sites for hydroxylation is 2. The van der Waals surface area contributed by atoms with Crippen LogP contribution in [0, 0.1) is 25.2 Å². The molecule has 2 aromatic carbocycles. The lowest BCUT2D eigenvalue weighted by Gasteiger charge is -2.15. The molecule has 0 aliphatic rings. The third-order valence-corrected chi connectivity index (χ3v) is 3.65. The topological polar surface area (TPSA) is 35.8 Å². The van der Waals surface area contributed by atoms with E-state index in [0.717, 1.165) is 17.7 Å². The highest BCUT2D eigenvalue weighted by Crippen LogP contribution is 2.15. The van der Waals surface area contributed by atoms with Gasteiger partial charge in [-0.05, 0) is 49.6 Å². The lowest BCUT2D eigenvalue weighted by atomic mass is 10.0. The van der Waals surface area contributed by atoms with E-state index in [4.69, 9.17) is 5.26 Å². The van der Waals surface area contributed by atoms with Gasteiger partial charge in [-0.2, -0.15) is 5.26 Å². The van der Waals surface area contributed by atoms with Crippen molar-refractivity contribution in [2.24, 2.45) is 0 Å². The van der Waals surface area contributed by atoms with E-state index < -0.39 is 0 Å². The zero-order chi connectivity index (χ0) is 14.5. The molecule has 2 rings (SSSR count). The Morgan fingerprint density at radius 2 is 1.80 bits per heavy atom. The smallest absolute Gasteiger partial charge is 0.0991 e. The molecule has 102 valence electrons. The molecule has 2 heteroatoms. The predicted molar refractivity (Wildman–Crippen MR) is 82.3 cm³/mol.